The van der Waals surface area contributed by atoms with Crippen LogP contribution < -0.4 is 14.3 Å². The summed E-state index contributed by atoms with van der Waals surface area (Å²) in [4.78, 5) is 12.7. The molecule has 178 valence electrons. The maximum absolute atomic E-state index is 12.7. The molecule has 0 aromatic heterocycles. The van der Waals surface area contributed by atoms with Crippen LogP contribution in [0.25, 0.3) is 10.8 Å². The fourth-order valence-electron chi connectivity index (χ4n) is 3.41. The zero-order valence-electron chi connectivity index (χ0n) is 18.9. The lowest BCUT2D eigenvalue weighted by molar-refractivity contribution is 0.0956. The highest BCUT2D eigenvalue weighted by molar-refractivity contribution is 9.10. The summed E-state index contributed by atoms with van der Waals surface area (Å²) in [7, 11) is -2.68. The zero-order chi connectivity index (χ0) is 25.0. The molecule has 0 fully saturated rings. The quantitative estimate of drug-likeness (QED) is 0.187. The molecule has 0 radical (unpaired) electrons. The molecule has 0 heterocycles. The first kappa shape index (κ1) is 24.4. The monoisotopic (exact) mass is 552 g/mol. The van der Waals surface area contributed by atoms with E-state index in [9.17, 15) is 13.2 Å². The van der Waals surface area contributed by atoms with E-state index in [0.717, 1.165) is 16.3 Å². The Morgan fingerprint density at radius 3 is 2.46 bits per heavy atom. The number of benzene rings is 4. The number of halogens is 1. The first-order chi connectivity index (χ1) is 16.8. The molecular weight excluding hydrogens is 532 g/mol. The van der Waals surface area contributed by atoms with Crippen LogP contribution in [0, 0.1) is 6.92 Å². The van der Waals surface area contributed by atoms with Crippen LogP contribution in [0.4, 0.5) is 0 Å². The molecule has 0 saturated carbocycles. The molecule has 1 N–H and O–H groups in total. The summed E-state index contributed by atoms with van der Waals surface area (Å²) in [5.41, 5.74) is 4.50. The minimum absolute atomic E-state index is 0.00464. The van der Waals surface area contributed by atoms with E-state index in [-0.39, 0.29) is 22.3 Å². The van der Waals surface area contributed by atoms with Crippen molar-refractivity contribution in [2.24, 2.45) is 5.10 Å². The number of ether oxygens (including phenoxy) is 1. The van der Waals surface area contributed by atoms with E-state index in [0.29, 0.717) is 15.6 Å². The number of carbonyl (C=O) groups is 1. The Kier molecular flexibility index (Phi) is 7.18. The van der Waals surface area contributed by atoms with Gasteiger partial charge in [0.05, 0.1) is 17.8 Å². The molecular formula is C26H21BrN2O5S. The molecule has 35 heavy (non-hydrogen) atoms. The van der Waals surface area contributed by atoms with Crippen LogP contribution in [-0.4, -0.2) is 27.6 Å². The Hall–Kier alpha value is -3.69. The normalized spacial score (nSPS) is 11.5. The Morgan fingerprint density at radius 1 is 1.00 bits per heavy atom. The molecule has 7 nitrogen and oxygen atoms in total. The number of rotatable bonds is 7. The van der Waals surface area contributed by atoms with Crippen LogP contribution in [0.5, 0.6) is 11.5 Å². The van der Waals surface area contributed by atoms with Gasteiger partial charge in [0.15, 0.2) is 11.5 Å². The molecule has 4 aromatic rings. The zero-order valence-corrected chi connectivity index (χ0v) is 21.3. The minimum Gasteiger partial charge on any atom is -0.493 e. The summed E-state index contributed by atoms with van der Waals surface area (Å²) < 4.78 is 36.5. The molecule has 0 unspecified atom stereocenters. The van der Waals surface area contributed by atoms with Crippen molar-refractivity contribution in [3.8, 4) is 11.5 Å². The fraction of sp³-hybridized carbons (Fsp3) is 0.0769. The van der Waals surface area contributed by atoms with E-state index in [1.165, 1.54) is 25.5 Å². The van der Waals surface area contributed by atoms with Gasteiger partial charge in [-0.2, -0.15) is 13.5 Å². The van der Waals surface area contributed by atoms with E-state index in [4.69, 9.17) is 8.92 Å². The second-order valence-electron chi connectivity index (χ2n) is 7.61. The first-order valence-electron chi connectivity index (χ1n) is 10.5. The highest BCUT2D eigenvalue weighted by Crippen LogP contribution is 2.38. The molecule has 0 aliphatic rings. The van der Waals surface area contributed by atoms with Crippen molar-refractivity contribution >= 4 is 48.9 Å². The number of nitrogens with one attached hydrogen (secondary N) is 1. The van der Waals surface area contributed by atoms with E-state index < -0.39 is 10.1 Å². The maximum Gasteiger partial charge on any atom is 0.339 e. The summed E-state index contributed by atoms with van der Waals surface area (Å²) in [6, 6.07) is 22.6. The van der Waals surface area contributed by atoms with Crippen LogP contribution in [0.15, 0.2) is 93.3 Å². The third-order valence-corrected chi connectivity index (χ3v) is 6.99. The summed E-state index contributed by atoms with van der Waals surface area (Å²) in [5, 5.41) is 5.82. The van der Waals surface area contributed by atoms with Crippen molar-refractivity contribution in [2.75, 3.05) is 7.11 Å². The Bertz CT molecular complexity index is 1530. The minimum atomic E-state index is -4.08. The van der Waals surface area contributed by atoms with Gasteiger partial charge in [-0.25, -0.2) is 5.43 Å². The number of hydrogen-bond donors (Lipinski definition) is 1. The average molecular weight is 553 g/mol. The molecule has 0 aliphatic heterocycles. The smallest absolute Gasteiger partial charge is 0.339 e. The molecule has 0 atom stereocenters. The van der Waals surface area contributed by atoms with E-state index in [1.807, 2.05) is 43.3 Å². The topological polar surface area (TPSA) is 94.1 Å². The first-order valence-corrected chi connectivity index (χ1v) is 12.7. The Labute approximate surface area is 211 Å². The molecule has 9 heteroatoms. The molecule has 4 aromatic carbocycles. The second-order valence-corrected chi connectivity index (χ2v) is 10.0. The Morgan fingerprint density at radius 2 is 1.71 bits per heavy atom. The summed E-state index contributed by atoms with van der Waals surface area (Å²) >= 11 is 3.34. The van der Waals surface area contributed by atoms with Crippen LogP contribution in [0.1, 0.15) is 21.5 Å². The van der Waals surface area contributed by atoms with Gasteiger partial charge in [0.2, 0.25) is 0 Å². The summed E-state index contributed by atoms with van der Waals surface area (Å²) in [6.45, 7) is 1.86. The van der Waals surface area contributed by atoms with Gasteiger partial charge >= 0.3 is 10.1 Å². The Balaban J connectivity index is 1.54. The number of methoxy groups -OCH3 is 1. The number of nitrogens with zero attached hydrogens (tertiary/aromatic N) is 1. The maximum atomic E-state index is 12.7. The van der Waals surface area contributed by atoms with Gasteiger partial charge < -0.3 is 8.92 Å². The molecule has 0 spiro atoms. The fourth-order valence-corrected chi connectivity index (χ4v) is 5.01. The predicted octanol–water partition coefficient (Wildman–Crippen LogP) is 5.45. The summed E-state index contributed by atoms with van der Waals surface area (Å²) in [6.07, 6.45) is 1.43. The third kappa shape index (κ3) is 5.52. The van der Waals surface area contributed by atoms with Gasteiger partial charge in [0, 0.05) is 5.56 Å². The van der Waals surface area contributed by atoms with Crippen molar-refractivity contribution < 1.29 is 22.1 Å². The molecule has 0 saturated heterocycles. The summed E-state index contributed by atoms with van der Waals surface area (Å²) in [5.74, 6) is -0.171. The largest absolute Gasteiger partial charge is 0.493 e. The standard InChI is InChI=1S/C26H21BrN2O5S/c1-17-10-12-20(13-11-17)35(31,32)34-25-23(27)14-18(15-24(25)33-2)16-28-29-26(30)22-9-5-7-19-6-3-4-8-21(19)22/h3-16H,1-2H3,(H,29,30). The van der Waals surface area contributed by atoms with Gasteiger partial charge in [-0.1, -0.05) is 54.1 Å². The number of amides is 1. The van der Waals surface area contributed by atoms with Crippen LogP contribution >= 0.6 is 15.9 Å². The van der Waals surface area contributed by atoms with E-state index >= 15 is 0 Å². The molecule has 4 rings (SSSR count). The lowest BCUT2D eigenvalue weighted by atomic mass is 10.0. The van der Waals surface area contributed by atoms with Gasteiger partial charge in [-0.15, -0.1) is 0 Å². The second kappa shape index (κ2) is 10.3. The van der Waals surface area contributed by atoms with Crippen LogP contribution in [0.2, 0.25) is 0 Å². The lowest BCUT2D eigenvalue weighted by Gasteiger charge is -2.13. The van der Waals surface area contributed by atoms with E-state index in [2.05, 4.69) is 26.5 Å². The average Bonchev–Trinajstić information content (AvgIpc) is 2.85. The van der Waals surface area contributed by atoms with Gasteiger partial charge in [-0.05, 0) is 69.5 Å². The van der Waals surface area contributed by atoms with Gasteiger partial charge in [-0.3, -0.25) is 4.79 Å². The third-order valence-electron chi connectivity index (χ3n) is 5.17. The molecule has 1 amide bonds. The number of hydrogen-bond acceptors (Lipinski definition) is 6. The van der Waals surface area contributed by atoms with Crippen molar-refractivity contribution in [1.29, 1.82) is 0 Å². The predicted molar refractivity (Wildman–Crippen MR) is 139 cm³/mol. The number of hydrazone groups is 1. The number of carbonyl (C=O) groups excluding carboxylic acids is 1. The molecule has 0 bridgehead atoms. The van der Waals surface area contributed by atoms with E-state index in [1.54, 1.807) is 30.3 Å². The van der Waals surface area contributed by atoms with Crippen molar-refractivity contribution in [3.05, 3.63) is 100 Å². The van der Waals surface area contributed by atoms with Crippen LogP contribution in [-0.2, 0) is 10.1 Å². The highest BCUT2D eigenvalue weighted by Gasteiger charge is 2.22. The van der Waals surface area contributed by atoms with Crippen molar-refractivity contribution in [1.82, 2.24) is 5.43 Å². The number of aryl methyl sites for hydroxylation is 1. The molecule has 0 aliphatic carbocycles. The number of fused-ring (bicyclic) bond motifs is 1. The lowest BCUT2D eigenvalue weighted by Crippen LogP contribution is -2.18. The van der Waals surface area contributed by atoms with Gasteiger partial charge in [0.1, 0.15) is 4.90 Å². The SMILES string of the molecule is COc1cc(C=NNC(=O)c2cccc3ccccc23)cc(Br)c1OS(=O)(=O)c1ccc(C)cc1. The highest BCUT2D eigenvalue weighted by atomic mass is 79.9. The van der Waals surface area contributed by atoms with Crippen molar-refractivity contribution in [2.45, 2.75) is 11.8 Å². The van der Waals surface area contributed by atoms with Crippen molar-refractivity contribution in [3.63, 3.8) is 0 Å². The van der Waals surface area contributed by atoms with Gasteiger partial charge in [0.25, 0.3) is 5.91 Å². The van der Waals surface area contributed by atoms with Crippen LogP contribution in [0.3, 0.4) is 0 Å².